The first-order valence-electron chi connectivity index (χ1n) is 8.25. The summed E-state index contributed by atoms with van der Waals surface area (Å²) in [5, 5.41) is 11.3. The maximum Gasteiger partial charge on any atom is 0.0950 e. The van der Waals surface area contributed by atoms with Gasteiger partial charge in [-0.2, -0.15) is 5.11 Å². The van der Waals surface area contributed by atoms with Crippen molar-refractivity contribution in [3.63, 3.8) is 0 Å². The van der Waals surface area contributed by atoms with Crippen LogP contribution in [0.2, 0.25) is 0 Å². The van der Waals surface area contributed by atoms with Gasteiger partial charge in [0.05, 0.1) is 12.1 Å². The monoisotopic (exact) mass is 263 g/mol. The van der Waals surface area contributed by atoms with E-state index in [4.69, 9.17) is 0 Å². The lowest BCUT2D eigenvalue weighted by Crippen LogP contribution is -2.41. The fourth-order valence-corrected chi connectivity index (χ4v) is 4.37. The van der Waals surface area contributed by atoms with Crippen molar-refractivity contribution in [1.82, 2.24) is 5.01 Å². The molecule has 0 aromatic heterocycles. The molecule has 19 heavy (non-hydrogen) atoms. The van der Waals surface area contributed by atoms with Crippen LogP contribution in [0.1, 0.15) is 59.8 Å². The lowest BCUT2D eigenvalue weighted by molar-refractivity contribution is 0.127. The molecular weight excluding hydrogens is 234 g/mol. The van der Waals surface area contributed by atoms with Crippen LogP contribution in [0, 0.1) is 23.7 Å². The van der Waals surface area contributed by atoms with E-state index >= 15 is 0 Å². The largest absolute Gasteiger partial charge is 0.271 e. The second-order valence-electron chi connectivity index (χ2n) is 7.68. The van der Waals surface area contributed by atoms with Crippen LogP contribution in [-0.4, -0.2) is 23.1 Å². The van der Waals surface area contributed by atoms with Crippen molar-refractivity contribution in [2.75, 3.05) is 0 Å². The van der Waals surface area contributed by atoms with Crippen molar-refractivity contribution >= 4 is 0 Å². The SMILES string of the molecule is CC(C)CC1CC2C(CCC3CC31)N=NN2C(C)C. The maximum absolute atomic E-state index is 4.58. The lowest BCUT2D eigenvalue weighted by atomic mass is 9.81. The van der Waals surface area contributed by atoms with Gasteiger partial charge in [0, 0.05) is 6.04 Å². The molecule has 1 heterocycles. The molecule has 5 atom stereocenters. The highest BCUT2D eigenvalue weighted by Gasteiger charge is 2.48. The Kier molecular flexibility index (Phi) is 3.57. The van der Waals surface area contributed by atoms with Gasteiger partial charge in [0.2, 0.25) is 0 Å². The van der Waals surface area contributed by atoms with Crippen molar-refractivity contribution < 1.29 is 0 Å². The summed E-state index contributed by atoms with van der Waals surface area (Å²) in [5.41, 5.74) is 0. The molecule has 0 saturated heterocycles. The third kappa shape index (κ3) is 2.66. The van der Waals surface area contributed by atoms with E-state index in [1.165, 1.54) is 32.1 Å². The Morgan fingerprint density at radius 3 is 2.58 bits per heavy atom. The minimum absolute atomic E-state index is 0.485. The standard InChI is InChI=1S/C16H29N3/c1-10(2)7-13-9-16-15(6-5-12-8-14(12)13)17-18-19(16)11(3)4/h10-16H,5-9H2,1-4H3. The molecule has 108 valence electrons. The highest BCUT2D eigenvalue weighted by atomic mass is 15.6. The van der Waals surface area contributed by atoms with Crippen molar-refractivity contribution in [2.45, 2.75) is 77.9 Å². The van der Waals surface area contributed by atoms with E-state index in [1.807, 2.05) is 0 Å². The van der Waals surface area contributed by atoms with E-state index in [9.17, 15) is 0 Å². The third-order valence-corrected chi connectivity index (χ3v) is 5.35. The topological polar surface area (TPSA) is 28.0 Å². The van der Waals surface area contributed by atoms with E-state index in [2.05, 4.69) is 43.0 Å². The van der Waals surface area contributed by atoms with Crippen LogP contribution in [0.25, 0.3) is 0 Å². The first-order valence-corrected chi connectivity index (χ1v) is 8.25. The normalized spacial score (nSPS) is 41.2. The second-order valence-corrected chi connectivity index (χ2v) is 7.68. The summed E-state index contributed by atoms with van der Waals surface area (Å²) in [4.78, 5) is 0. The minimum Gasteiger partial charge on any atom is -0.271 e. The van der Waals surface area contributed by atoms with Gasteiger partial charge >= 0.3 is 0 Å². The zero-order valence-electron chi connectivity index (χ0n) is 12.9. The number of hydrogen-bond donors (Lipinski definition) is 0. The molecule has 2 aliphatic carbocycles. The zero-order chi connectivity index (χ0) is 13.6. The molecule has 3 nitrogen and oxygen atoms in total. The molecule has 0 radical (unpaired) electrons. The van der Waals surface area contributed by atoms with Crippen LogP contribution in [0.3, 0.4) is 0 Å². The van der Waals surface area contributed by atoms with Gasteiger partial charge in [0.15, 0.2) is 0 Å². The molecule has 2 saturated carbocycles. The first-order chi connectivity index (χ1) is 9.06. The Hall–Kier alpha value is -0.600. The molecule has 0 bridgehead atoms. The molecule has 5 unspecified atom stereocenters. The smallest absolute Gasteiger partial charge is 0.0950 e. The van der Waals surface area contributed by atoms with E-state index in [1.54, 1.807) is 0 Å². The van der Waals surface area contributed by atoms with Crippen LogP contribution < -0.4 is 0 Å². The first kappa shape index (κ1) is 13.4. The summed E-state index contributed by atoms with van der Waals surface area (Å²) in [7, 11) is 0. The molecule has 2 fully saturated rings. The predicted molar refractivity (Wildman–Crippen MR) is 77.8 cm³/mol. The Balaban J connectivity index is 1.74. The van der Waals surface area contributed by atoms with Crippen LogP contribution in [0.15, 0.2) is 10.3 Å². The molecule has 0 spiro atoms. The van der Waals surface area contributed by atoms with Gasteiger partial charge in [-0.15, -0.1) is 0 Å². The second kappa shape index (κ2) is 5.06. The van der Waals surface area contributed by atoms with E-state index in [-0.39, 0.29) is 0 Å². The number of fused-ring (bicyclic) bond motifs is 2. The average Bonchev–Trinajstić information content (AvgIpc) is 2.97. The van der Waals surface area contributed by atoms with E-state index in [0.29, 0.717) is 18.1 Å². The average molecular weight is 263 g/mol. The van der Waals surface area contributed by atoms with Crippen LogP contribution >= 0.6 is 0 Å². The van der Waals surface area contributed by atoms with Crippen molar-refractivity contribution in [3.8, 4) is 0 Å². The van der Waals surface area contributed by atoms with Gasteiger partial charge in [0.25, 0.3) is 0 Å². The summed E-state index contributed by atoms with van der Waals surface area (Å²) in [6.07, 6.45) is 6.89. The Bertz CT molecular complexity index is 350. The third-order valence-electron chi connectivity index (χ3n) is 5.35. The van der Waals surface area contributed by atoms with Crippen molar-refractivity contribution in [1.29, 1.82) is 0 Å². The number of nitrogens with zero attached hydrogens (tertiary/aromatic N) is 3. The zero-order valence-corrected chi connectivity index (χ0v) is 12.9. The van der Waals surface area contributed by atoms with Gasteiger partial charge in [-0.05, 0) is 69.6 Å². The summed E-state index contributed by atoms with van der Waals surface area (Å²) in [6.45, 7) is 9.24. The van der Waals surface area contributed by atoms with Gasteiger partial charge in [-0.3, -0.25) is 5.01 Å². The van der Waals surface area contributed by atoms with E-state index in [0.717, 1.165) is 23.7 Å². The van der Waals surface area contributed by atoms with Crippen LogP contribution in [0.5, 0.6) is 0 Å². The molecule has 3 heteroatoms. The fourth-order valence-electron chi connectivity index (χ4n) is 4.37. The highest BCUT2D eigenvalue weighted by Crippen LogP contribution is 2.53. The summed E-state index contributed by atoms with van der Waals surface area (Å²) in [6, 6.07) is 1.57. The Morgan fingerprint density at radius 2 is 1.89 bits per heavy atom. The molecule has 3 aliphatic rings. The lowest BCUT2D eigenvalue weighted by Gasteiger charge is -2.34. The predicted octanol–water partition coefficient (Wildman–Crippen LogP) is 4.30. The fraction of sp³-hybridized carbons (Fsp3) is 1.00. The molecule has 0 amide bonds. The minimum atomic E-state index is 0.485. The van der Waals surface area contributed by atoms with Gasteiger partial charge < -0.3 is 0 Å². The van der Waals surface area contributed by atoms with Crippen molar-refractivity contribution in [3.05, 3.63) is 0 Å². The number of rotatable bonds is 3. The Morgan fingerprint density at radius 1 is 1.11 bits per heavy atom. The molecule has 1 aliphatic heterocycles. The quantitative estimate of drug-likeness (QED) is 0.746. The highest BCUT2D eigenvalue weighted by molar-refractivity contribution is 5.00. The molecule has 0 N–H and O–H groups in total. The number of hydrogen-bond acceptors (Lipinski definition) is 3. The molecule has 0 aromatic carbocycles. The summed E-state index contributed by atoms with van der Waals surface area (Å²) < 4.78 is 0. The van der Waals surface area contributed by atoms with Crippen LogP contribution in [-0.2, 0) is 0 Å². The Labute approximate surface area is 117 Å². The molecule has 0 aromatic rings. The van der Waals surface area contributed by atoms with Crippen LogP contribution in [0.4, 0.5) is 0 Å². The summed E-state index contributed by atoms with van der Waals surface area (Å²) in [5.74, 6) is 3.79. The van der Waals surface area contributed by atoms with Gasteiger partial charge in [-0.25, -0.2) is 0 Å². The molecule has 3 rings (SSSR count). The summed E-state index contributed by atoms with van der Waals surface area (Å²) >= 11 is 0. The molecular formula is C16H29N3. The van der Waals surface area contributed by atoms with E-state index < -0.39 is 0 Å². The van der Waals surface area contributed by atoms with Gasteiger partial charge in [0.1, 0.15) is 0 Å². The maximum atomic E-state index is 4.58. The van der Waals surface area contributed by atoms with Gasteiger partial charge in [-0.1, -0.05) is 19.1 Å². The van der Waals surface area contributed by atoms with Crippen molar-refractivity contribution in [2.24, 2.45) is 34.0 Å².